The van der Waals surface area contributed by atoms with E-state index in [1.54, 1.807) is 5.38 Å². The fourth-order valence-electron chi connectivity index (χ4n) is 5.66. The molecule has 3 aliphatic heterocycles. The van der Waals surface area contributed by atoms with Crippen LogP contribution in [0, 0.1) is 11.6 Å². The molecular formula is C33H33F2N5O9S. The highest BCUT2D eigenvalue weighted by atomic mass is 32.1. The number of fused-ring (bicyclic) bond motifs is 1. The minimum absolute atomic E-state index is 0.00672. The molecule has 3 aliphatic rings. The molecule has 0 bridgehead atoms. The van der Waals surface area contributed by atoms with Crippen LogP contribution >= 0.6 is 11.3 Å². The molecule has 1 unspecified atom stereocenters. The molecule has 1 aromatic heterocycles. The number of rotatable bonds is 14. The molecule has 4 heterocycles. The van der Waals surface area contributed by atoms with E-state index in [4.69, 9.17) is 18.9 Å². The Bertz CT molecular complexity index is 1800. The van der Waals surface area contributed by atoms with Crippen molar-refractivity contribution in [1.82, 2.24) is 20.5 Å². The van der Waals surface area contributed by atoms with Crippen LogP contribution in [0.3, 0.4) is 0 Å². The number of thiazole rings is 1. The molecule has 2 fully saturated rings. The minimum Gasteiger partial charge on any atom is -0.490 e. The van der Waals surface area contributed by atoms with Crippen LogP contribution in [0.2, 0.25) is 0 Å². The summed E-state index contributed by atoms with van der Waals surface area (Å²) in [4.78, 5) is 69.8. The Morgan fingerprint density at radius 2 is 1.84 bits per heavy atom. The predicted molar refractivity (Wildman–Crippen MR) is 173 cm³/mol. The molecule has 0 spiro atoms. The number of nitrogens with zero attached hydrogens (tertiary/aromatic N) is 3. The Kier molecular flexibility index (Phi) is 10.9. The van der Waals surface area contributed by atoms with E-state index in [0.717, 1.165) is 16.1 Å². The van der Waals surface area contributed by atoms with E-state index in [0.29, 0.717) is 44.0 Å². The van der Waals surface area contributed by atoms with Gasteiger partial charge >= 0.3 is 0 Å². The quantitative estimate of drug-likeness (QED) is 0.186. The lowest BCUT2D eigenvalue weighted by molar-refractivity contribution is -0.136. The molecule has 17 heteroatoms. The standard InChI is InChI=1S/C33H33F2N5O9S/c34-21-6-5-19(22-18-50-33(37-22)39-10-15-47-16-11-39)29(28(21)35)48-13-2-12-46-14-9-36-26(42)17-49-24-4-1-3-20-27(24)32(45)40(31(20)44)23-7-8-25(41)38-30(23)43/h1,3-6,18,23H,2,7-17H2,(H,36,42)(H,38,41,43). The Morgan fingerprint density at radius 3 is 2.64 bits per heavy atom. The highest BCUT2D eigenvalue weighted by Crippen LogP contribution is 2.37. The summed E-state index contributed by atoms with van der Waals surface area (Å²) >= 11 is 1.40. The van der Waals surface area contributed by atoms with Crippen molar-refractivity contribution in [3.8, 4) is 22.8 Å². The van der Waals surface area contributed by atoms with Gasteiger partial charge in [0, 0.05) is 50.0 Å². The second-order valence-electron chi connectivity index (χ2n) is 11.4. The molecule has 14 nitrogen and oxygen atoms in total. The van der Waals surface area contributed by atoms with Crippen molar-refractivity contribution in [3.05, 3.63) is 58.5 Å². The van der Waals surface area contributed by atoms with Crippen LogP contribution in [-0.4, -0.2) is 105 Å². The average Bonchev–Trinajstić information content (AvgIpc) is 3.70. The van der Waals surface area contributed by atoms with Gasteiger partial charge in [0.2, 0.25) is 17.6 Å². The number of hydrogen-bond donors (Lipinski definition) is 2. The summed E-state index contributed by atoms with van der Waals surface area (Å²) in [5.74, 6) is -5.50. The maximum atomic E-state index is 14.8. The van der Waals surface area contributed by atoms with Crippen LogP contribution in [0.1, 0.15) is 40.0 Å². The SMILES string of the molecule is O=C(COc1cccc2c1C(=O)N(C1CCC(=O)NC1=O)C2=O)NCCOCCCOc1c(-c2csc(N3CCOCC3)n2)ccc(F)c1F. The van der Waals surface area contributed by atoms with Gasteiger partial charge in [0.25, 0.3) is 17.7 Å². The molecule has 0 aliphatic carbocycles. The van der Waals surface area contributed by atoms with Gasteiger partial charge in [0.05, 0.1) is 43.2 Å². The fraction of sp³-hybridized carbons (Fsp3) is 0.394. The molecule has 2 saturated heterocycles. The van der Waals surface area contributed by atoms with Gasteiger partial charge in [-0.1, -0.05) is 6.07 Å². The molecule has 0 radical (unpaired) electrons. The summed E-state index contributed by atoms with van der Waals surface area (Å²) in [6.45, 7) is 2.65. The summed E-state index contributed by atoms with van der Waals surface area (Å²) in [7, 11) is 0. The lowest BCUT2D eigenvalue weighted by Gasteiger charge is -2.27. The van der Waals surface area contributed by atoms with Crippen molar-refractivity contribution < 1.29 is 51.7 Å². The third-order valence-electron chi connectivity index (χ3n) is 8.14. The zero-order valence-electron chi connectivity index (χ0n) is 26.7. The number of carbonyl (C=O) groups excluding carboxylic acids is 5. The molecule has 2 aromatic carbocycles. The second-order valence-corrected chi connectivity index (χ2v) is 12.3. The van der Waals surface area contributed by atoms with Crippen molar-refractivity contribution in [2.45, 2.75) is 25.3 Å². The molecule has 0 saturated carbocycles. The lowest BCUT2D eigenvalue weighted by Crippen LogP contribution is -2.54. The Hall–Kier alpha value is -5.00. The number of benzene rings is 2. The number of anilines is 1. The number of halogens is 2. The molecule has 6 rings (SSSR count). The second kappa shape index (κ2) is 15.7. The molecule has 3 aromatic rings. The van der Waals surface area contributed by atoms with Gasteiger partial charge in [-0.3, -0.25) is 34.2 Å². The van der Waals surface area contributed by atoms with Crippen LogP contribution in [0.25, 0.3) is 11.3 Å². The van der Waals surface area contributed by atoms with Gasteiger partial charge in [0.1, 0.15) is 11.8 Å². The van der Waals surface area contributed by atoms with Gasteiger partial charge in [0.15, 0.2) is 23.3 Å². The monoisotopic (exact) mass is 713 g/mol. The number of hydrogen-bond acceptors (Lipinski definition) is 12. The maximum Gasteiger partial charge on any atom is 0.266 e. The van der Waals surface area contributed by atoms with Crippen molar-refractivity contribution in [2.24, 2.45) is 0 Å². The summed E-state index contributed by atoms with van der Waals surface area (Å²) < 4.78 is 51.0. The molecule has 1 atom stereocenters. The summed E-state index contributed by atoms with van der Waals surface area (Å²) in [6, 6.07) is 5.71. The predicted octanol–water partition coefficient (Wildman–Crippen LogP) is 2.31. The normalized spacial score (nSPS) is 17.5. The third kappa shape index (κ3) is 7.59. The number of imide groups is 2. The first-order valence-electron chi connectivity index (χ1n) is 15.9. The third-order valence-corrected chi connectivity index (χ3v) is 9.04. The van der Waals surface area contributed by atoms with Gasteiger partial charge in [-0.05, 0) is 30.7 Å². The van der Waals surface area contributed by atoms with Crippen molar-refractivity contribution in [2.75, 3.05) is 64.2 Å². The summed E-state index contributed by atoms with van der Waals surface area (Å²) in [5, 5.41) is 7.29. The van der Waals surface area contributed by atoms with Crippen LogP contribution in [-0.2, 0) is 23.9 Å². The zero-order chi connectivity index (χ0) is 35.2. The zero-order valence-corrected chi connectivity index (χ0v) is 27.5. The van der Waals surface area contributed by atoms with E-state index >= 15 is 0 Å². The number of morpholine rings is 1. The maximum absolute atomic E-state index is 14.8. The van der Waals surface area contributed by atoms with Gasteiger partial charge in [-0.25, -0.2) is 9.37 Å². The molecule has 2 N–H and O–H groups in total. The molecule has 5 amide bonds. The van der Waals surface area contributed by atoms with Crippen LogP contribution in [0.4, 0.5) is 13.9 Å². The average molecular weight is 714 g/mol. The van der Waals surface area contributed by atoms with Crippen molar-refractivity contribution >= 4 is 46.0 Å². The smallest absolute Gasteiger partial charge is 0.266 e. The lowest BCUT2D eigenvalue weighted by atomic mass is 10.0. The summed E-state index contributed by atoms with van der Waals surface area (Å²) in [5.41, 5.74) is 0.795. The van der Waals surface area contributed by atoms with E-state index in [1.165, 1.54) is 35.6 Å². The first-order valence-corrected chi connectivity index (χ1v) is 16.8. The number of aromatic nitrogens is 1. The number of ether oxygens (including phenoxy) is 4. The topological polar surface area (TPSA) is 166 Å². The fourth-order valence-corrected chi connectivity index (χ4v) is 6.54. The molecular weight excluding hydrogens is 680 g/mol. The number of nitrogens with one attached hydrogen (secondary N) is 2. The Morgan fingerprint density at radius 1 is 1.02 bits per heavy atom. The van der Waals surface area contributed by atoms with Gasteiger partial charge < -0.3 is 29.2 Å². The van der Waals surface area contributed by atoms with E-state index < -0.39 is 53.8 Å². The van der Waals surface area contributed by atoms with E-state index in [9.17, 15) is 32.8 Å². The highest BCUT2D eigenvalue weighted by molar-refractivity contribution is 7.14. The number of amides is 5. The van der Waals surface area contributed by atoms with Crippen molar-refractivity contribution in [1.29, 1.82) is 0 Å². The van der Waals surface area contributed by atoms with Crippen molar-refractivity contribution in [3.63, 3.8) is 0 Å². The first kappa shape index (κ1) is 34.8. The van der Waals surface area contributed by atoms with E-state index in [1.807, 2.05) is 0 Å². The largest absolute Gasteiger partial charge is 0.490 e. The Balaban J connectivity index is 0.920. The van der Waals surface area contributed by atoms with Gasteiger partial charge in [-0.15, -0.1) is 11.3 Å². The molecule has 264 valence electrons. The van der Waals surface area contributed by atoms with Gasteiger partial charge in [-0.2, -0.15) is 4.39 Å². The minimum atomic E-state index is -1.12. The van der Waals surface area contributed by atoms with E-state index in [-0.39, 0.29) is 61.8 Å². The first-order chi connectivity index (χ1) is 24.2. The number of piperidine rings is 1. The van der Waals surface area contributed by atoms with Crippen LogP contribution in [0.15, 0.2) is 35.7 Å². The van der Waals surface area contributed by atoms with Crippen LogP contribution < -0.4 is 25.0 Å². The highest BCUT2D eigenvalue weighted by Gasteiger charge is 2.46. The Labute approximate surface area is 288 Å². The van der Waals surface area contributed by atoms with Crippen LogP contribution in [0.5, 0.6) is 11.5 Å². The summed E-state index contributed by atoms with van der Waals surface area (Å²) in [6.07, 6.45) is 0.357. The molecule has 50 heavy (non-hydrogen) atoms. The number of carbonyl (C=O) groups is 5. The van der Waals surface area contributed by atoms with E-state index in [2.05, 4.69) is 20.5 Å².